The van der Waals surface area contributed by atoms with Crippen LogP contribution in [0.1, 0.15) is 41.3 Å². The van der Waals surface area contributed by atoms with Crippen molar-refractivity contribution < 1.29 is 14.3 Å². The third-order valence-corrected chi connectivity index (χ3v) is 4.44. The molecule has 2 rings (SSSR count). The number of nitrogens with zero attached hydrogens (tertiary/aromatic N) is 2. The van der Waals surface area contributed by atoms with Gasteiger partial charge in [0.15, 0.2) is 6.61 Å². The molecule has 0 bridgehead atoms. The van der Waals surface area contributed by atoms with Crippen LogP contribution in [0.4, 0.5) is 5.69 Å². The highest BCUT2D eigenvalue weighted by Crippen LogP contribution is 2.16. The lowest BCUT2D eigenvalue weighted by molar-refractivity contribution is -0.133. The van der Waals surface area contributed by atoms with Gasteiger partial charge in [0.25, 0.3) is 5.91 Å². The van der Waals surface area contributed by atoms with Gasteiger partial charge in [-0.25, -0.2) is 4.79 Å². The zero-order valence-electron chi connectivity index (χ0n) is 16.7. The smallest absolute Gasteiger partial charge is 0.338 e. The lowest BCUT2D eigenvalue weighted by atomic mass is 10.0. The van der Waals surface area contributed by atoms with Crippen LogP contribution in [0, 0.1) is 0 Å². The second-order valence-electron chi connectivity index (χ2n) is 7.16. The van der Waals surface area contributed by atoms with E-state index in [0.717, 1.165) is 16.8 Å². The summed E-state index contributed by atoms with van der Waals surface area (Å²) in [7, 11) is 5.66. The van der Waals surface area contributed by atoms with Crippen molar-refractivity contribution in [2.45, 2.75) is 26.3 Å². The van der Waals surface area contributed by atoms with Crippen molar-refractivity contribution in [3.8, 4) is 0 Å². The first-order valence-corrected chi connectivity index (χ1v) is 9.05. The quantitative estimate of drug-likeness (QED) is 0.700. The highest BCUT2D eigenvalue weighted by molar-refractivity contribution is 5.91. The van der Waals surface area contributed by atoms with Gasteiger partial charge in [-0.3, -0.25) is 4.79 Å². The van der Waals surface area contributed by atoms with E-state index in [1.54, 1.807) is 24.1 Å². The van der Waals surface area contributed by atoms with Gasteiger partial charge in [-0.1, -0.05) is 38.1 Å². The number of benzene rings is 2. The lowest BCUT2D eigenvalue weighted by Crippen LogP contribution is -2.30. The molecule has 0 saturated heterocycles. The minimum atomic E-state index is -0.484. The van der Waals surface area contributed by atoms with E-state index >= 15 is 0 Å². The molecule has 0 aromatic heterocycles. The van der Waals surface area contributed by atoms with Gasteiger partial charge in [0, 0.05) is 33.4 Å². The van der Waals surface area contributed by atoms with E-state index < -0.39 is 5.97 Å². The van der Waals surface area contributed by atoms with Crippen molar-refractivity contribution >= 4 is 17.6 Å². The van der Waals surface area contributed by atoms with Gasteiger partial charge in [0.05, 0.1) is 5.56 Å². The molecular formula is C22H28N2O3. The molecule has 0 heterocycles. The molecule has 5 heteroatoms. The van der Waals surface area contributed by atoms with Crippen LogP contribution >= 0.6 is 0 Å². The first kappa shape index (κ1) is 20.5. The highest BCUT2D eigenvalue weighted by atomic mass is 16.5. The molecule has 0 spiro atoms. The van der Waals surface area contributed by atoms with Crippen molar-refractivity contribution in [3.05, 3.63) is 65.2 Å². The van der Waals surface area contributed by atoms with E-state index in [0.29, 0.717) is 18.0 Å². The Labute approximate surface area is 161 Å². The first-order valence-electron chi connectivity index (χ1n) is 9.05. The number of hydrogen-bond donors (Lipinski definition) is 0. The number of likely N-dealkylation sites (N-methyl/N-ethyl adjacent to an activating group) is 1. The van der Waals surface area contributed by atoms with Gasteiger partial charge < -0.3 is 14.5 Å². The summed E-state index contributed by atoms with van der Waals surface area (Å²) < 4.78 is 5.16. The molecule has 0 aliphatic rings. The largest absolute Gasteiger partial charge is 0.452 e. The number of rotatable bonds is 7. The van der Waals surface area contributed by atoms with Crippen molar-refractivity contribution in [1.29, 1.82) is 0 Å². The molecule has 0 N–H and O–H groups in total. The Morgan fingerprint density at radius 3 is 2.04 bits per heavy atom. The summed E-state index contributed by atoms with van der Waals surface area (Å²) in [4.78, 5) is 27.9. The van der Waals surface area contributed by atoms with E-state index in [1.807, 2.05) is 55.4 Å². The summed E-state index contributed by atoms with van der Waals surface area (Å²) >= 11 is 0. The Morgan fingerprint density at radius 1 is 0.926 bits per heavy atom. The number of amides is 1. The SMILES string of the molecule is CC(C)c1ccc(C(=O)OCC(=O)N(C)Cc2ccc(N(C)C)cc2)cc1. The zero-order valence-corrected chi connectivity index (χ0v) is 16.7. The Morgan fingerprint density at radius 2 is 1.52 bits per heavy atom. The van der Waals surface area contributed by atoms with Crippen LogP contribution in [-0.2, 0) is 16.1 Å². The van der Waals surface area contributed by atoms with Gasteiger partial charge in [-0.2, -0.15) is 0 Å². The number of carbonyl (C=O) groups excluding carboxylic acids is 2. The topological polar surface area (TPSA) is 49.9 Å². The Balaban J connectivity index is 1.85. The summed E-state index contributed by atoms with van der Waals surface area (Å²) in [5.41, 5.74) is 3.73. The minimum Gasteiger partial charge on any atom is -0.452 e. The summed E-state index contributed by atoms with van der Waals surface area (Å²) in [6, 6.07) is 15.3. The summed E-state index contributed by atoms with van der Waals surface area (Å²) in [5.74, 6) is -0.321. The second-order valence-corrected chi connectivity index (χ2v) is 7.16. The van der Waals surface area contributed by atoms with Crippen molar-refractivity contribution in [2.24, 2.45) is 0 Å². The molecule has 2 aromatic rings. The predicted molar refractivity (Wildman–Crippen MR) is 108 cm³/mol. The first-order chi connectivity index (χ1) is 12.8. The molecule has 0 atom stereocenters. The monoisotopic (exact) mass is 368 g/mol. The molecule has 1 amide bonds. The standard InChI is InChI=1S/C22H28N2O3/c1-16(2)18-8-10-19(11-9-18)22(26)27-15-21(25)24(5)14-17-6-12-20(13-7-17)23(3)4/h6-13,16H,14-15H2,1-5H3. The molecule has 0 radical (unpaired) electrons. The molecule has 27 heavy (non-hydrogen) atoms. The predicted octanol–water partition coefficient (Wildman–Crippen LogP) is 3.69. The van der Waals surface area contributed by atoms with Crippen LogP contribution in [0.15, 0.2) is 48.5 Å². The fourth-order valence-corrected chi connectivity index (χ4v) is 2.59. The molecule has 144 valence electrons. The van der Waals surface area contributed by atoms with E-state index in [4.69, 9.17) is 4.74 Å². The number of ether oxygens (including phenoxy) is 1. The molecular weight excluding hydrogens is 340 g/mol. The Kier molecular flexibility index (Phi) is 6.99. The average Bonchev–Trinajstić information content (AvgIpc) is 2.66. The molecule has 5 nitrogen and oxygen atoms in total. The lowest BCUT2D eigenvalue weighted by Gasteiger charge is -2.18. The Hall–Kier alpha value is -2.82. The van der Waals surface area contributed by atoms with Crippen LogP contribution in [-0.4, -0.2) is 44.5 Å². The van der Waals surface area contributed by atoms with Gasteiger partial charge in [-0.15, -0.1) is 0 Å². The molecule has 0 saturated carbocycles. The summed E-state index contributed by atoms with van der Waals surface area (Å²) in [6.07, 6.45) is 0. The molecule has 0 aliphatic heterocycles. The van der Waals surface area contributed by atoms with Crippen LogP contribution in [0.3, 0.4) is 0 Å². The number of anilines is 1. The maximum atomic E-state index is 12.2. The van der Waals surface area contributed by atoms with Gasteiger partial charge >= 0.3 is 5.97 Å². The van der Waals surface area contributed by atoms with E-state index in [2.05, 4.69) is 13.8 Å². The van der Waals surface area contributed by atoms with Crippen LogP contribution in [0.2, 0.25) is 0 Å². The van der Waals surface area contributed by atoms with E-state index in [9.17, 15) is 9.59 Å². The molecule has 0 aliphatic carbocycles. The maximum Gasteiger partial charge on any atom is 0.338 e. The Bertz CT molecular complexity index is 765. The highest BCUT2D eigenvalue weighted by Gasteiger charge is 2.14. The third-order valence-electron chi connectivity index (χ3n) is 4.44. The van der Waals surface area contributed by atoms with Gasteiger partial charge in [0.2, 0.25) is 0 Å². The van der Waals surface area contributed by atoms with Crippen molar-refractivity contribution in [3.63, 3.8) is 0 Å². The number of esters is 1. The zero-order chi connectivity index (χ0) is 20.0. The van der Waals surface area contributed by atoms with Crippen molar-refractivity contribution in [1.82, 2.24) is 4.90 Å². The summed E-state index contributed by atoms with van der Waals surface area (Å²) in [6.45, 7) is 4.38. The minimum absolute atomic E-state index is 0.237. The van der Waals surface area contributed by atoms with Gasteiger partial charge in [-0.05, 0) is 41.3 Å². The molecule has 2 aromatic carbocycles. The average molecular weight is 368 g/mol. The third kappa shape index (κ3) is 5.84. The fraction of sp³-hybridized carbons (Fsp3) is 0.364. The van der Waals surface area contributed by atoms with Crippen LogP contribution < -0.4 is 4.90 Å². The summed E-state index contributed by atoms with van der Waals surface area (Å²) in [5, 5.41) is 0. The second kappa shape index (κ2) is 9.21. The maximum absolute atomic E-state index is 12.2. The van der Waals surface area contributed by atoms with Gasteiger partial charge in [0.1, 0.15) is 0 Å². The number of hydrogen-bond acceptors (Lipinski definition) is 4. The normalized spacial score (nSPS) is 10.6. The van der Waals surface area contributed by atoms with E-state index in [1.165, 1.54) is 0 Å². The fourth-order valence-electron chi connectivity index (χ4n) is 2.59. The van der Waals surface area contributed by atoms with Crippen LogP contribution in [0.5, 0.6) is 0 Å². The number of carbonyl (C=O) groups is 2. The molecule has 0 unspecified atom stereocenters. The van der Waals surface area contributed by atoms with Crippen molar-refractivity contribution in [2.75, 3.05) is 32.6 Å². The molecule has 0 fully saturated rings. The van der Waals surface area contributed by atoms with Crippen LogP contribution in [0.25, 0.3) is 0 Å². The van der Waals surface area contributed by atoms with E-state index in [-0.39, 0.29) is 12.5 Å².